The van der Waals surface area contributed by atoms with E-state index in [0.717, 1.165) is 99.6 Å². The summed E-state index contributed by atoms with van der Waals surface area (Å²) in [6, 6.07) is 47.4. The van der Waals surface area contributed by atoms with Gasteiger partial charge in [0.25, 0.3) is 0 Å². The average molecular weight is 718 g/mol. The summed E-state index contributed by atoms with van der Waals surface area (Å²) >= 11 is 0. The number of hydrogen-bond acceptors (Lipinski definition) is 5. The van der Waals surface area contributed by atoms with E-state index < -0.39 is 0 Å². The summed E-state index contributed by atoms with van der Waals surface area (Å²) in [4.78, 5) is 22.5. The lowest BCUT2D eigenvalue weighted by atomic mass is 9.99. The van der Waals surface area contributed by atoms with Crippen molar-refractivity contribution >= 4 is 43.7 Å². The number of benzene rings is 4. The summed E-state index contributed by atoms with van der Waals surface area (Å²) in [5, 5.41) is 3.30. The quantitative estimate of drug-likeness (QED) is 0.171. The highest BCUT2D eigenvalue weighted by molar-refractivity contribution is 6.22. The Kier molecular flexibility index (Phi) is 7.35. The Labute approximate surface area is 321 Å². The minimum Gasteiger partial charge on any atom is -0.307 e. The molecule has 11 rings (SSSR count). The first-order chi connectivity index (χ1) is 27.8. The van der Waals surface area contributed by atoms with Crippen molar-refractivity contribution in [2.75, 3.05) is 0 Å². The predicted molar refractivity (Wildman–Crippen MR) is 226 cm³/mol. The minimum atomic E-state index is 0.941. The fourth-order valence-corrected chi connectivity index (χ4v) is 8.19. The zero-order chi connectivity index (χ0) is 37.0. The predicted octanol–water partition coefficient (Wildman–Crippen LogP) is 11.5. The van der Waals surface area contributed by atoms with Crippen molar-refractivity contribution in [2.45, 2.75) is 0 Å². The van der Waals surface area contributed by atoms with Gasteiger partial charge in [-0.05, 0) is 142 Å². The second kappa shape index (κ2) is 13.0. The minimum absolute atomic E-state index is 0.941. The first-order valence-corrected chi connectivity index (χ1v) is 18.5. The summed E-state index contributed by atoms with van der Waals surface area (Å²) in [7, 11) is 0. The van der Waals surface area contributed by atoms with Gasteiger partial charge in [-0.3, -0.25) is 24.9 Å². The largest absolute Gasteiger partial charge is 0.307 e. The van der Waals surface area contributed by atoms with Crippen molar-refractivity contribution in [2.24, 2.45) is 0 Å². The molecule has 0 saturated carbocycles. The van der Waals surface area contributed by atoms with Gasteiger partial charge in [0, 0.05) is 83.3 Å². The molecule has 0 radical (unpaired) electrons. The van der Waals surface area contributed by atoms with E-state index in [9.17, 15) is 0 Å². The lowest BCUT2D eigenvalue weighted by Gasteiger charge is -2.16. The fourth-order valence-electron chi connectivity index (χ4n) is 8.19. The molecule has 0 saturated heterocycles. The van der Waals surface area contributed by atoms with Crippen LogP contribution in [-0.4, -0.2) is 34.1 Å². The van der Waals surface area contributed by atoms with Crippen LogP contribution in [0.5, 0.6) is 0 Å². The maximum Gasteiger partial charge on any atom is 0.0985 e. The molecule has 7 aromatic heterocycles. The van der Waals surface area contributed by atoms with Crippen LogP contribution in [0, 0.1) is 0 Å². The van der Waals surface area contributed by atoms with E-state index in [0.29, 0.717) is 0 Å². The molecule has 0 aliphatic carbocycles. The van der Waals surface area contributed by atoms with E-state index >= 15 is 0 Å². The first kappa shape index (κ1) is 31.7. The van der Waals surface area contributed by atoms with E-state index in [-0.39, 0.29) is 0 Å². The molecule has 0 spiro atoms. The number of hydrogen-bond donors (Lipinski definition) is 0. The number of nitrogens with zero attached hydrogens (tertiary/aromatic N) is 7. The van der Waals surface area contributed by atoms with Crippen LogP contribution < -0.4 is 0 Å². The van der Waals surface area contributed by atoms with Gasteiger partial charge in [-0.15, -0.1) is 0 Å². The van der Waals surface area contributed by atoms with Crippen molar-refractivity contribution in [3.63, 3.8) is 0 Å². The van der Waals surface area contributed by atoms with Gasteiger partial charge >= 0.3 is 0 Å². The van der Waals surface area contributed by atoms with E-state index in [1.54, 1.807) is 0 Å². The van der Waals surface area contributed by atoms with Crippen LogP contribution in [0.25, 0.3) is 99.6 Å². The standard InChI is InChI=1S/C49H31N7/c1-3-7-45-42(5-1)44-31-54-47-43-6-2-4-8-46(43)56(41-29-38(34-13-21-52-22-14-34)26-39(30-41)35-15-23-53-24-16-35)49(47)48(44)55(45)40-27-36(32-9-17-50-18-10-32)25-37(28-40)33-11-19-51-20-12-33/h1-31H. The Balaban J connectivity index is 1.29. The number of para-hydroxylation sites is 2. The van der Waals surface area contributed by atoms with Gasteiger partial charge in [-0.25, -0.2) is 0 Å². The summed E-state index contributed by atoms with van der Waals surface area (Å²) in [5.41, 5.74) is 16.1. The Morgan fingerprint density at radius 2 is 0.696 bits per heavy atom. The lowest BCUT2D eigenvalue weighted by molar-refractivity contribution is 1.15. The zero-order valence-electron chi connectivity index (χ0n) is 30.0. The number of aromatic nitrogens is 7. The van der Waals surface area contributed by atoms with E-state index in [1.165, 1.54) is 0 Å². The molecule has 0 bridgehead atoms. The molecular formula is C49H31N7. The monoisotopic (exact) mass is 717 g/mol. The average Bonchev–Trinajstić information content (AvgIpc) is 3.81. The van der Waals surface area contributed by atoms with Gasteiger partial charge in [0.2, 0.25) is 0 Å². The van der Waals surface area contributed by atoms with Crippen LogP contribution in [0.4, 0.5) is 0 Å². The number of fused-ring (bicyclic) bond motifs is 7. The molecular weight excluding hydrogens is 687 g/mol. The van der Waals surface area contributed by atoms with E-state index in [4.69, 9.17) is 4.98 Å². The number of pyridine rings is 5. The normalized spacial score (nSPS) is 11.6. The summed E-state index contributed by atoms with van der Waals surface area (Å²) < 4.78 is 4.83. The molecule has 7 nitrogen and oxygen atoms in total. The molecule has 0 unspecified atom stereocenters. The molecule has 56 heavy (non-hydrogen) atoms. The molecule has 4 aromatic carbocycles. The maximum absolute atomic E-state index is 5.27. The maximum atomic E-state index is 5.27. The highest BCUT2D eigenvalue weighted by Crippen LogP contribution is 2.43. The van der Waals surface area contributed by atoms with Crippen LogP contribution in [0.3, 0.4) is 0 Å². The second-order valence-corrected chi connectivity index (χ2v) is 13.9. The second-order valence-electron chi connectivity index (χ2n) is 13.9. The van der Waals surface area contributed by atoms with Crippen LogP contribution in [0.2, 0.25) is 0 Å². The van der Waals surface area contributed by atoms with Crippen LogP contribution >= 0.6 is 0 Å². The van der Waals surface area contributed by atoms with Gasteiger partial charge in [0.1, 0.15) is 0 Å². The molecule has 262 valence electrons. The highest BCUT2D eigenvalue weighted by atomic mass is 15.1. The molecule has 0 aliphatic heterocycles. The third-order valence-electron chi connectivity index (χ3n) is 10.7. The summed E-state index contributed by atoms with van der Waals surface area (Å²) in [6.07, 6.45) is 16.8. The van der Waals surface area contributed by atoms with Crippen LogP contribution in [-0.2, 0) is 0 Å². The zero-order valence-corrected chi connectivity index (χ0v) is 30.0. The topological polar surface area (TPSA) is 74.3 Å². The smallest absolute Gasteiger partial charge is 0.0985 e. The van der Waals surface area contributed by atoms with Crippen molar-refractivity contribution < 1.29 is 0 Å². The first-order valence-electron chi connectivity index (χ1n) is 18.5. The Morgan fingerprint density at radius 3 is 1.14 bits per heavy atom. The van der Waals surface area contributed by atoms with Crippen molar-refractivity contribution in [1.82, 2.24) is 34.1 Å². The Hall–Kier alpha value is -7.77. The number of rotatable bonds is 6. The Bertz CT molecular complexity index is 2890. The molecule has 0 aliphatic rings. The van der Waals surface area contributed by atoms with Crippen molar-refractivity contribution in [3.8, 4) is 55.9 Å². The highest BCUT2D eigenvalue weighted by Gasteiger charge is 2.23. The van der Waals surface area contributed by atoms with Crippen LogP contribution in [0.15, 0.2) is 189 Å². The van der Waals surface area contributed by atoms with Crippen molar-refractivity contribution in [1.29, 1.82) is 0 Å². The molecule has 7 heterocycles. The third-order valence-corrected chi connectivity index (χ3v) is 10.7. The van der Waals surface area contributed by atoms with Crippen LogP contribution in [0.1, 0.15) is 0 Å². The summed E-state index contributed by atoms with van der Waals surface area (Å²) in [5.74, 6) is 0. The molecule has 0 fully saturated rings. The molecule has 0 N–H and O–H groups in total. The molecule has 0 atom stereocenters. The van der Waals surface area contributed by atoms with Crippen molar-refractivity contribution in [3.05, 3.63) is 189 Å². The van der Waals surface area contributed by atoms with E-state index in [2.05, 4.69) is 169 Å². The van der Waals surface area contributed by atoms with Gasteiger partial charge in [0.15, 0.2) is 0 Å². The van der Waals surface area contributed by atoms with Gasteiger partial charge in [0.05, 0.1) is 27.6 Å². The third kappa shape index (κ3) is 5.17. The van der Waals surface area contributed by atoms with Gasteiger partial charge in [-0.1, -0.05) is 36.4 Å². The SMILES string of the molecule is c1ccc2c(c1)c1cnc3c4ccccc4n(-c4cc(-c5ccncc5)cc(-c5ccncc5)c4)c3c1n2-c1cc(-c2ccncc2)cc(-c2ccncc2)c1. The lowest BCUT2D eigenvalue weighted by Crippen LogP contribution is -2.01. The molecule has 11 aromatic rings. The van der Waals surface area contributed by atoms with Gasteiger partial charge < -0.3 is 9.13 Å². The Morgan fingerprint density at radius 1 is 0.321 bits per heavy atom. The molecule has 7 heteroatoms. The summed E-state index contributed by atoms with van der Waals surface area (Å²) in [6.45, 7) is 0. The molecule has 0 amide bonds. The van der Waals surface area contributed by atoms with Gasteiger partial charge in [-0.2, -0.15) is 0 Å². The fraction of sp³-hybridized carbons (Fsp3) is 0. The van der Waals surface area contributed by atoms with E-state index in [1.807, 2.05) is 49.6 Å².